The van der Waals surface area contributed by atoms with E-state index in [-0.39, 0.29) is 0 Å². The van der Waals surface area contributed by atoms with Gasteiger partial charge >= 0.3 is 0 Å². The average molecular weight is 171 g/mol. The van der Waals surface area contributed by atoms with Gasteiger partial charge in [-0.15, -0.1) is 11.6 Å². The molecule has 0 aliphatic heterocycles. The van der Waals surface area contributed by atoms with Crippen LogP contribution < -0.4 is 0 Å². The maximum Gasteiger partial charge on any atom is 0.143 e. The van der Waals surface area contributed by atoms with E-state index in [9.17, 15) is 0 Å². The molecule has 1 aromatic rings. The van der Waals surface area contributed by atoms with Gasteiger partial charge in [0.2, 0.25) is 0 Å². The molecule has 0 radical (unpaired) electrons. The first-order valence-electron chi connectivity index (χ1n) is 3.52. The molecule has 2 nitrogen and oxygen atoms in total. The highest BCUT2D eigenvalue weighted by atomic mass is 35.5. The molecule has 0 aromatic carbocycles. The largest absolute Gasteiger partial charge is 0.237 e. The maximum absolute atomic E-state index is 5.60. The summed E-state index contributed by atoms with van der Waals surface area (Å²) in [7, 11) is 0. The van der Waals surface area contributed by atoms with Crippen molar-refractivity contribution in [2.24, 2.45) is 0 Å². The molecule has 0 bridgehead atoms. The van der Waals surface area contributed by atoms with Gasteiger partial charge in [0.05, 0.1) is 5.88 Å². The zero-order valence-corrected chi connectivity index (χ0v) is 7.74. The molecule has 0 saturated heterocycles. The Labute approximate surface area is 71.6 Å². The highest BCUT2D eigenvalue weighted by Crippen LogP contribution is 2.08. The number of aromatic nitrogens is 2. The van der Waals surface area contributed by atoms with Crippen LogP contribution in [-0.2, 0) is 5.88 Å². The summed E-state index contributed by atoms with van der Waals surface area (Å²) in [6, 6.07) is 0. The maximum atomic E-state index is 5.60. The van der Waals surface area contributed by atoms with E-state index >= 15 is 0 Å². The first kappa shape index (κ1) is 8.47. The van der Waals surface area contributed by atoms with E-state index in [1.165, 1.54) is 0 Å². The Morgan fingerprint density at radius 3 is 1.91 bits per heavy atom. The molecule has 0 N–H and O–H groups in total. The zero-order chi connectivity index (χ0) is 8.43. The van der Waals surface area contributed by atoms with Crippen LogP contribution in [0.5, 0.6) is 0 Å². The summed E-state index contributed by atoms with van der Waals surface area (Å²) in [5, 5.41) is 0. The van der Waals surface area contributed by atoms with Crippen LogP contribution in [-0.4, -0.2) is 9.97 Å². The van der Waals surface area contributed by atoms with Crippen LogP contribution in [0.3, 0.4) is 0 Å². The first-order chi connectivity index (χ1) is 5.15. The second kappa shape index (κ2) is 3.18. The Kier molecular flexibility index (Phi) is 2.45. The second-order valence-corrected chi connectivity index (χ2v) is 2.84. The predicted octanol–water partition coefficient (Wildman–Crippen LogP) is 2.14. The van der Waals surface area contributed by atoms with Gasteiger partial charge in [0.15, 0.2) is 0 Å². The van der Waals surface area contributed by atoms with Gasteiger partial charge in [-0.2, -0.15) is 0 Å². The van der Waals surface area contributed by atoms with Crippen molar-refractivity contribution in [1.82, 2.24) is 9.97 Å². The van der Waals surface area contributed by atoms with Crippen molar-refractivity contribution >= 4 is 11.6 Å². The Morgan fingerprint density at radius 2 is 1.55 bits per heavy atom. The Hall–Kier alpha value is -0.630. The lowest BCUT2D eigenvalue weighted by atomic mass is 10.2. The van der Waals surface area contributed by atoms with E-state index < -0.39 is 0 Å². The van der Waals surface area contributed by atoms with Crippen molar-refractivity contribution in [2.45, 2.75) is 26.7 Å². The van der Waals surface area contributed by atoms with Gasteiger partial charge in [0, 0.05) is 11.4 Å². The van der Waals surface area contributed by atoms with E-state index in [1.54, 1.807) is 0 Å². The number of rotatable bonds is 1. The van der Waals surface area contributed by atoms with Crippen LogP contribution in [0.4, 0.5) is 0 Å². The number of halogens is 1. The molecule has 0 atom stereocenters. The molecule has 0 amide bonds. The predicted molar refractivity (Wildman–Crippen MR) is 45.8 cm³/mol. The lowest BCUT2D eigenvalue weighted by molar-refractivity contribution is 0.935. The van der Waals surface area contributed by atoms with Crippen molar-refractivity contribution < 1.29 is 0 Å². The fourth-order valence-corrected chi connectivity index (χ4v) is 1.02. The summed E-state index contributed by atoms with van der Waals surface area (Å²) >= 11 is 5.60. The first-order valence-corrected chi connectivity index (χ1v) is 4.05. The van der Waals surface area contributed by atoms with E-state index in [0.717, 1.165) is 17.0 Å². The summed E-state index contributed by atoms with van der Waals surface area (Å²) < 4.78 is 0. The fourth-order valence-electron chi connectivity index (χ4n) is 0.901. The van der Waals surface area contributed by atoms with Gasteiger partial charge in [-0.05, 0) is 26.3 Å². The van der Waals surface area contributed by atoms with Crippen LogP contribution in [0.25, 0.3) is 0 Å². The number of hydrogen-bond acceptors (Lipinski definition) is 2. The summed E-state index contributed by atoms with van der Waals surface area (Å²) in [4.78, 5) is 8.42. The molecule has 0 saturated carbocycles. The van der Waals surface area contributed by atoms with Crippen molar-refractivity contribution in [3.05, 3.63) is 22.8 Å². The summed E-state index contributed by atoms with van der Waals surface area (Å²) in [6.07, 6.45) is 0. The number of alkyl halides is 1. The highest BCUT2D eigenvalue weighted by Gasteiger charge is 2.01. The minimum atomic E-state index is 0.391. The van der Waals surface area contributed by atoms with Crippen molar-refractivity contribution in [3.8, 4) is 0 Å². The van der Waals surface area contributed by atoms with Crippen molar-refractivity contribution in [1.29, 1.82) is 0 Å². The molecule has 1 heterocycles. The molecule has 1 aromatic heterocycles. The lowest BCUT2D eigenvalue weighted by Gasteiger charge is -2.03. The monoisotopic (exact) mass is 170 g/mol. The van der Waals surface area contributed by atoms with Gasteiger partial charge in [0.25, 0.3) is 0 Å². The van der Waals surface area contributed by atoms with Gasteiger partial charge in [0.1, 0.15) is 5.82 Å². The normalized spacial score (nSPS) is 10.2. The summed E-state index contributed by atoms with van der Waals surface area (Å²) in [5.41, 5.74) is 3.19. The van der Waals surface area contributed by atoms with E-state index in [1.807, 2.05) is 20.8 Å². The van der Waals surface area contributed by atoms with E-state index in [0.29, 0.717) is 11.7 Å². The molecule has 0 aliphatic carbocycles. The number of hydrogen-bond donors (Lipinski definition) is 0. The Balaban J connectivity index is 3.21. The summed E-state index contributed by atoms with van der Waals surface area (Å²) in [5.74, 6) is 1.11. The molecule has 60 valence electrons. The second-order valence-electron chi connectivity index (χ2n) is 2.57. The number of nitrogens with zero attached hydrogens (tertiary/aromatic N) is 2. The zero-order valence-electron chi connectivity index (χ0n) is 6.98. The van der Waals surface area contributed by atoms with Gasteiger partial charge in [-0.25, -0.2) is 9.97 Å². The van der Waals surface area contributed by atoms with E-state index in [2.05, 4.69) is 9.97 Å². The lowest BCUT2D eigenvalue weighted by Crippen LogP contribution is -2.00. The average Bonchev–Trinajstić information content (AvgIpc) is 1.99. The van der Waals surface area contributed by atoms with Gasteiger partial charge < -0.3 is 0 Å². The Bertz CT molecular complexity index is 248. The molecule has 1 rings (SSSR count). The van der Waals surface area contributed by atoms with E-state index in [4.69, 9.17) is 11.6 Å². The SMILES string of the molecule is Cc1nc(CCl)nc(C)c1C. The third kappa shape index (κ3) is 1.69. The van der Waals surface area contributed by atoms with Crippen LogP contribution in [0.2, 0.25) is 0 Å². The van der Waals surface area contributed by atoms with Crippen LogP contribution in [0.1, 0.15) is 22.8 Å². The molecule has 0 unspecified atom stereocenters. The molecular weight excluding hydrogens is 160 g/mol. The standard InChI is InChI=1S/C8H11ClN2/c1-5-6(2)10-8(4-9)11-7(5)3/h4H2,1-3H3. The molecular formula is C8H11ClN2. The third-order valence-corrected chi connectivity index (χ3v) is 2.04. The van der Waals surface area contributed by atoms with Crippen LogP contribution >= 0.6 is 11.6 Å². The molecule has 0 aliphatic rings. The summed E-state index contributed by atoms with van der Waals surface area (Å²) in [6.45, 7) is 5.96. The molecule has 0 spiro atoms. The van der Waals surface area contributed by atoms with Crippen molar-refractivity contribution in [2.75, 3.05) is 0 Å². The number of aryl methyl sites for hydroxylation is 2. The van der Waals surface area contributed by atoms with Gasteiger partial charge in [-0.1, -0.05) is 0 Å². The molecule has 0 fully saturated rings. The highest BCUT2D eigenvalue weighted by molar-refractivity contribution is 6.16. The third-order valence-electron chi connectivity index (χ3n) is 1.80. The Morgan fingerprint density at radius 1 is 1.09 bits per heavy atom. The van der Waals surface area contributed by atoms with Crippen LogP contribution in [0.15, 0.2) is 0 Å². The molecule has 11 heavy (non-hydrogen) atoms. The smallest absolute Gasteiger partial charge is 0.143 e. The minimum absolute atomic E-state index is 0.391. The molecule has 3 heteroatoms. The fraction of sp³-hybridized carbons (Fsp3) is 0.500. The topological polar surface area (TPSA) is 25.8 Å². The minimum Gasteiger partial charge on any atom is -0.237 e. The van der Waals surface area contributed by atoms with Gasteiger partial charge in [-0.3, -0.25) is 0 Å². The quantitative estimate of drug-likeness (QED) is 0.604. The van der Waals surface area contributed by atoms with Crippen LogP contribution in [0, 0.1) is 20.8 Å². The van der Waals surface area contributed by atoms with Crippen molar-refractivity contribution in [3.63, 3.8) is 0 Å².